The smallest absolute Gasteiger partial charge is 0.271 e. The molecule has 4 nitrogen and oxygen atoms in total. The Kier molecular flexibility index (Phi) is 4.52. The average molecular weight is 263 g/mol. The molecule has 0 spiro atoms. The average Bonchev–Trinajstić information content (AvgIpc) is 3.03. The zero-order valence-electron chi connectivity index (χ0n) is 10.4. The van der Waals surface area contributed by atoms with E-state index in [0.29, 0.717) is 12.2 Å². The molecule has 0 aliphatic heterocycles. The van der Waals surface area contributed by atoms with Gasteiger partial charge in [0.15, 0.2) is 5.69 Å². The molecular formula is C13H17N3OS. The molecule has 0 aliphatic carbocycles. The van der Waals surface area contributed by atoms with Gasteiger partial charge in [0, 0.05) is 6.54 Å². The maximum Gasteiger partial charge on any atom is 0.271 e. The van der Waals surface area contributed by atoms with Gasteiger partial charge in [0.2, 0.25) is 0 Å². The second-order valence-corrected chi connectivity index (χ2v) is 5.05. The van der Waals surface area contributed by atoms with Crippen LogP contribution in [0.25, 0.3) is 10.6 Å². The van der Waals surface area contributed by atoms with Crippen LogP contribution < -0.4 is 5.32 Å². The minimum Gasteiger partial charge on any atom is -0.351 e. The van der Waals surface area contributed by atoms with E-state index in [1.165, 1.54) is 0 Å². The fourth-order valence-electron chi connectivity index (χ4n) is 1.66. The third-order valence-electron chi connectivity index (χ3n) is 2.66. The van der Waals surface area contributed by atoms with Gasteiger partial charge in [0.1, 0.15) is 0 Å². The number of aromatic amines is 1. The van der Waals surface area contributed by atoms with Gasteiger partial charge in [0.05, 0.1) is 10.6 Å². The number of carbonyl (C=O) groups is 1. The van der Waals surface area contributed by atoms with Gasteiger partial charge in [0.25, 0.3) is 5.91 Å². The monoisotopic (exact) mass is 263 g/mol. The van der Waals surface area contributed by atoms with Crippen LogP contribution in [-0.4, -0.2) is 22.6 Å². The number of nitrogens with one attached hydrogen (secondary N) is 2. The fourth-order valence-corrected chi connectivity index (χ4v) is 2.36. The minimum absolute atomic E-state index is 0.106. The Hall–Kier alpha value is -1.62. The Morgan fingerprint density at radius 1 is 1.50 bits per heavy atom. The molecule has 2 aromatic rings. The van der Waals surface area contributed by atoms with E-state index in [9.17, 15) is 4.79 Å². The summed E-state index contributed by atoms with van der Waals surface area (Å²) in [6, 6.07) is 5.77. The normalized spacial score (nSPS) is 10.5. The molecule has 2 heterocycles. The predicted molar refractivity (Wildman–Crippen MR) is 73.8 cm³/mol. The largest absolute Gasteiger partial charge is 0.351 e. The van der Waals surface area contributed by atoms with Crippen LogP contribution in [0.1, 0.15) is 36.7 Å². The standard InChI is InChI=1S/C13H17N3OS/c1-2-3-4-7-14-13(17)11-9-10(15-16-11)12-6-5-8-18-12/h5-6,8-9H,2-4,7H2,1H3,(H,14,17)(H,15,16). The maximum atomic E-state index is 11.8. The zero-order chi connectivity index (χ0) is 12.8. The van der Waals surface area contributed by atoms with Crippen molar-refractivity contribution in [3.63, 3.8) is 0 Å². The lowest BCUT2D eigenvalue weighted by Gasteiger charge is -2.01. The van der Waals surface area contributed by atoms with Crippen molar-refractivity contribution >= 4 is 17.2 Å². The first kappa shape index (κ1) is 12.8. The van der Waals surface area contributed by atoms with Crippen LogP contribution in [0.2, 0.25) is 0 Å². The van der Waals surface area contributed by atoms with Gasteiger partial charge in [-0.1, -0.05) is 25.8 Å². The van der Waals surface area contributed by atoms with Gasteiger partial charge in [-0.15, -0.1) is 11.3 Å². The summed E-state index contributed by atoms with van der Waals surface area (Å²) >= 11 is 1.62. The number of nitrogens with zero attached hydrogens (tertiary/aromatic N) is 1. The van der Waals surface area contributed by atoms with Crippen LogP contribution in [-0.2, 0) is 0 Å². The van der Waals surface area contributed by atoms with Crippen molar-refractivity contribution in [1.29, 1.82) is 0 Å². The Labute approximate surface area is 110 Å². The molecule has 0 saturated heterocycles. The lowest BCUT2D eigenvalue weighted by molar-refractivity contribution is 0.0948. The quantitative estimate of drug-likeness (QED) is 0.787. The van der Waals surface area contributed by atoms with Gasteiger partial charge < -0.3 is 5.32 Å². The third kappa shape index (κ3) is 3.20. The Balaban J connectivity index is 1.91. The Morgan fingerprint density at radius 2 is 2.39 bits per heavy atom. The van der Waals surface area contributed by atoms with Gasteiger partial charge in [-0.3, -0.25) is 9.89 Å². The molecule has 0 saturated carbocycles. The number of rotatable bonds is 6. The first-order valence-electron chi connectivity index (χ1n) is 6.18. The number of thiophene rings is 1. The van der Waals surface area contributed by atoms with E-state index < -0.39 is 0 Å². The molecule has 1 amide bonds. The number of amides is 1. The van der Waals surface area contributed by atoms with Crippen LogP contribution in [0.4, 0.5) is 0 Å². The van der Waals surface area contributed by atoms with Crippen molar-refractivity contribution in [2.45, 2.75) is 26.2 Å². The molecule has 0 aliphatic rings. The van der Waals surface area contributed by atoms with Crippen molar-refractivity contribution in [2.75, 3.05) is 6.54 Å². The second-order valence-electron chi connectivity index (χ2n) is 4.11. The first-order valence-corrected chi connectivity index (χ1v) is 7.06. The van der Waals surface area contributed by atoms with Gasteiger partial charge >= 0.3 is 0 Å². The second kappa shape index (κ2) is 6.35. The highest BCUT2D eigenvalue weighted by molar-refractivity contribution is 7.13. The van der Waals surface area contributed by atoms with Gasteiger partial charge in [-0.2, -0.15) is 5.10 Å². The highest BCUT2D eigenvalue weighted by atomic mass is 32.1. The van der Waals surface area contributed by atoms with Crippen LogP contribution >= 0.6 is 11.3 Å². The molecule has 0 atom stereocenters. The molecule has 0 unspecified atom stereocenters. The number of hydrogen-bond donors (Lipinski definition) is 2. The van der Waals surface area contributed by atoms with E-state index >= 15 is 0 Å². The summed E-state index contributed by atoms with van der Waals surface area (Å²) in [5.74, 6) is -0.106. The van der Waals surface area contributed by atoms with Crippen molar-refractivity contribution in [1.82, 2.24) is 15.5 Å². The summed E-state index contributed by atoms with van der Waals surface area (Å²) in [7, 11) is 0. The summed E-state index contributed by atoms with van der Waals surface area (Å²) in [6.07, 6.45) is 3.31. The van der Waals surface area contributed by atoms with E-state index in [-0.39, 0.29) is 5.91 Å². The highest BCUT2D eigenvalue weighted by Crippen LogP contribution is 2.22. The van der Waals surface area contributed by atoms with Gasteiger partial charge in [-0.25, -0.2) is 0 Å². The molecule has 0 fully saturated rings. The number of hydrogen-bond acceptors (Lipinski definition) is 3. The van der Waals surface area contributed by atoms with E-state index in [0.717, 1.165) is 29.8 Å². The highest BCUT2D eigenvalue weighted by Gasteiger charge is 2.10. The molecule has 18 heavy (non-hydrogen) atoms. The molecule has 0 bridgehead atoms. The van der Waals surface area contributed by atoms with E-state index in [2.05, 4.69) is 22.4 Å². The zero-order valence-corrected chi connectivity index (χ0v) is 11.2. The van der Waals surface area contributed by atoms with E-state index in [1.54, 1.807) is 17.4 Å². The van der Waals surface area contributed by atoms with Crippen molar-refractivity contribution < 1.29 is 4.79 Å². The van der Waals surface area contributed by atoms with Crippen LogP contribution in [0, 0.1) is 0 Å². The predicted octanol–water partition coefficient (Wildman–Crippen LogP) is 3.06. The van der Waals surface area contributed by atoms with E-state index in [1.807, 2.05) is 17.5 Å². The summed E-state index contributed by atoms with van der Waals surface area (Å²) in [6.45, 7) is 2.86. The Bertz CT molecular complexity index is 490. The number of carbonyl (C=O) groups excluding carboxylic acids is 1. The molecule has 0 aromatic carbocycles. The van der Waals surface area contributed by atoms with Crippen molar-refractivity contribution in [3.05, 3.63) is 29.3 Å². The first-order chi connectivity index (χ1) is 8.81. The number of H-pyrrole nitrogens is 1. The molecule has 0 radical (unpaired) electrons. The van der Waals surface area contributed by atoms with Crippen LogP contribution in [0.3, 0.4) is 0 Å². The summed E-state index contributed by atoms with van der Waals surface area (Å²) < 4.78 is 0. The molecule has 2 rings (SSSR count). The lowest BCUT2D eigenvalue weighted by Crippen LogP contribution is -2.24. The Morgan fingerprint density at radius 3 is 3.11 bits per heavy atom. The summed E-state index contributed by atoms with van der Waals surface area (Å²) in [5, 5.41) is 11.8. The third-order valence-corrected chi connectivity index (χ3v) is 3.57. The van der Waals surface area contributed by atoms with Crippen molar-refractivity contribution in [3.8, 4) is 10.6 Å². The van der Waals surface area contributed by atoms with Crippen LogP contribution in [0.5, 0.6) is 0 Å². The topological polar surface area (TPSA) is 57.8 Å². The van der Waals surface area contributed by atoms with Crippen molar-refractivity contribution in [2.24, 2.45) is 0 Å². The minimum atomic E-state index is -0.106. The summed E-state index contributed by atoms with van der Waals surface area (Å²) in [4.78, 5) is 12.9. The molecule has 2 aromatic heterocycles. The maximum absolute atomic E-state index is 11.8. The lowest BCUT2D eigenvalue weighted by atomic mass is 10.2. The molecule has 2 N–H and O–H groups in total. The SMILES string of the molecule is CCCCCNC(=O)c1cc(-c2cccs2)[nH]n1. The molecular weight excluding hydrogens is 246 g/mol. The number of unbranched alkanes of at least 4 members (excludes halogenated alkanes) is 2. The molecule has 96 valence electrons. The molecule has 5 heteroatoms. The fraction of sp³-hybridized carbons (Fsp3) is 0.385. The van der Waals surface area contributed by atoms with E-state index in [4.69, 9.17) is 0 Å². The van der Waals surface area contributed by atoms with Crippen LogP contribution in [0.15, 0.2) is 23.6 Å². The van der Waals surface area contributed by atoms with Gasteiger partial charge in [-0.05, 0) is 23.9 Å². The number of aromatic nitrogens is 2. The summed E-state index contributed by atoms with van der Waals surface area (Å²) in [5.41, 5.74) is 1.35.